The SMILES string of the molecule is CCC(CC)(CNC(=NC)NCC(c1cnn(C)c1)N(C)C)NC(=O)OC(C)(C)C.I. The lowest BCUT2D eigenvalue weighted by molar-refractivity contribution is 0.0448. The van der Waals surface area contributed by atoms with Gasteiger partial charge < -0.3 is 25.6 Å². The Morgan fingerprint density at radius 3 is 2.29 bits per heavy atom. The summed E-state index contributed by atoms with van der Waals surface area (Å²) >= 11 is 0. The van der Waals surface area contributed by atoms with Crippen LogP contribution < -0.4 is 16.0 Å². The van der Waals surface area contributed by atoms with Gasteiger partial charge >= 0.3 is 6.09 Å². The maximum atomic E-state index is 12.3. The third-order valence-corrected chi connectivity index (χ3v) is 5.13. The summed E-state index contributed by atoms with van der Waals surface area (Å²) in [5.74, 6) is 0.683. The first-order chi connectivity index (χ1) is 13.9. The molecule has 1 unspecified atom stereocenters. The fraction of sp³-hybridized carbons (Fsp3) is 0.762. The molecule has 0 aromatic carbocycles. The molecule has 1 aromatic heterocycles. The zero-order chi connectivity index (χ0) is 22.9. The van der Waals surface area contributed by atoms with E-state index in [0.717, 1.165) is 18.4 Å². The van der Waals surface area contributed by atoms with Crippen LogP contribution in [0.5, 0.6) is 0 Å². The number of ether oxygens (including phenoxy) is 1. The van der Waals surface area contributed by atoms with Crippen molar-refractivity contribution in [2.75, 3.05) is 34.2 Å². The van der Waals surface area contributed by atoms with Crippen LogP contribution in [0.15, 0.2) is 17.4 Å². The first kappa shape index (κ1) is 29.4. The van der Waals surface area contributed by atoms with Crippen LogP contribution in [-0.4, -0.2) is 72.1 Å². The van der Waals surface area contributed by atoms with E-state index in [0.29, 0.717) is 19.0 Å². The van der Waals surface area contributed by atoms with Gasteiger partial charge in [-0.1, -0.05) is 13.8 Å². The van der Waals surface area contributed by atoms with Gasteiger partial charge in [-0.3, -0.25) is 9.67 Å². The van der Waals surface area contributed by atoms with Gasteiger partial charge in [-0.05, 0) is 47.7 Å². The number of amides is 1. The number of likely N-dealkylation sites (N-methyl/N-ethyl adjacent to an activating group) is 1. The van der Waals surface area contributed by atoms with Gasteiger partial charge in [0.1, 0.15) is 5.60 Å². The van der Waals surface area contributed by atoms with E-state index in [4.69, 9.17) is 4.74 Å². The van der Waals surface area contributed by atoms with Crippen LogP contribution >= 0.6 is 24.0 Å². The lowest BCUT2D eigenvalue weighted by Crippen LogP contribution is -2.57. The molecule has 9 nitrogen and oxygen atoms in total. The Morgan fingerprint density at radius 2 is 1.87 bits per heavy atom. The van der Waals surface area contributed by atoms with Crippen LogP contribution in [0.1, 0.15) is 59.1 Å². The molecule has 10 heteroatoms. The van der Waals surface area contributed by atoms with Gasteiger partial charge in [-0.15, -0.1) is 24.0 Å². The standard InChI is InChI=1S/C21H41N7O2.HI/c1-10-21(11-2,26-19(29)30-20(3,4)5)15-24-18(22-6)23-13-17(27(7)8)16-12-25-28(9)14-16;/h12,14,17H,10-11,13,15H2,1-9H3,(H,26,29)(H2,22,23,24);1H. The fourth-order valence-corrected chi connectivity index (χ4v) is 3.12. The van der Waals surface area contributed by atoms with Crippen LogP contribution in [0.4, 0.5) is 4.79 Å². The molecule has 0 aliphatic carbocycles. The maximum absolute atomic E-state index is 12.3. The van der Waals surface area contributed by atoms with Gasteiger partial charge in [0.2, 0.25) is 0 Å². The van der Waals surface area contributed by atoms with Crippen LogP contribution in [0.3, 0.4) is 0 Å². The molecule has 0 bridgehead atoms. The second-order valence-corrected chi connectivity index (χ2v) is 8.85. The molecule has 1 rings (SSSR count). The Kier molecular flexibility index (Phi) is 12.4. The highest BCUT2D eigenvalue weighted by atomic mass is 127. The van der Waals surface area contributed by atoms with E-state index in [-0.39, 0.29) is 30.0 Å². The van der Waals surface area contributed by atoms with Crippen molar-refractivity contribution in [3.8, 4) is 0 Å². The van der Waals surface area contributed by atoms with E-state index in [1.54, 1.807) is 11.7 Å². The molecule has 31 heavy (non-hydrogen) atoms. The molecule has 0 aliphatic heterocycles. The first-order valence-corrected chi connectivity index (χ1v) is 10.6. The molecule has 0 fully saturated rings. The largest absolute Gasteiger partial charge is 0.444 e. The predicted octanol–water partition coefficient (Wildman–Crippen LogP) is 2.89. The predicted molar refractivity (Wildman–Crippen MR) is 137 cm³/mol. The van der Waals surface area contributed by atoms with Crippen molar-refractivity contribution in [3.63, 3.8) is 0 Å². The van der Waals surface area contributed by atoms with Crippen LogP contribution in [0, 0.1) is 0 Å². The van der Waals surface area contributed by atoms with Crippen molar-refractivity contribution in [1.29, 1.82) is 0 Å². The smallest absolute Gasteiger partial charge is 0.408 e. The Bertz CT molecular complexity index is 694. The molecule has 1 aromatic rings. The summed E-state index contributed by atoms with van der Waals surface area (Å²) < 4.78 is 7.25. The minimum absolute atomic E-state index is 0. The average molecular weight is 552 g/mol. The Labute approximate surface area is 204 Å². The lowest BCUT2D eigenvalue weighted by atomic mass is 9.93. The van der Waals surface area contributed by atoms with Crippen molar-refractivity contribution >= 4 is 36.0 Å². The van der Waals surface area contributed by atoms with Gasteiger partial charge in [0.05, 0.1) is 17.8 Å². The van der Waals surface area contributed by atoms with Crippen molar-refractivity contribution in [2.45, 2.75) is 64.6 Å². The number of rotatable bonds is 9. The molecule has 1 heterocycles. The Hall–Kier alpha value is -1.56. The fourth-order valence-electron chi connectivity index (χ4n) is 3.12. The first-order valence-electron chi connectivity index (χ1n) is 10.6. The highest BCUT2D eigenvalue weighted by Gasteiger charge is 2.30. The molecule has 0 saturated heterocycles. The number of nitrogens with zero attached hydrogens (tertiary/aromatic N) is 4. The van der Waals surface area contributed by atoms with E-state index in [1.807, 2.05) is 54.3 Å². The van der Waals surface area contributed by atoms with Gasteiger partial charge in [-0.2, -0.15) is 5.10 Å². The summed E-state index contributed by atoms with van der Waals surface area (Å²) in [4.78, 5) is 18.8. The summed E-state index contributed by atoms with van der Waals surface area (Å²) in [6, 6.07) is 0.152. The van der Waals surface area contributed by atoms with Crippen LogP contribution in [0.25, 0.3) is 0 Å². The number of halogens is 1. The van der Waals surface area contributed by atoms with E-state index in [2.05, 4.69) is 44.8 Å². The van der Waals surface area contributed by atoms with Crippen LogP contribution in [0.2, 0.25) is 0 Å². The summed E-state index contributed by atoms with van der Waals surface area (Å²) in [6.07, 6.45) is 5.03. The molecule has 0 radical (unpaired) electrons. The second kappa shape index (κ2) is 13.1. The monoisotopic (exact) mass is 551 g/mol. The number of carbonyl (C=O) groups is 1. The number of carbonyl (C=O) groups excluding carboxylic acids is 1. The number of hydrogen-bond acceptors (Lipinski definition) is 5. The highest BCUT2D eigenvalue weighted by molar-refractivity contribution is 14.0. The van der Waals surface area contributed by atoms with E-state index >= 15 is 0 Å². The topological polar surface area (TPSA) is 95.8 Å². The zero-order valence-corrected chi connectivity index (χ0v) is 22.9. The molecule has 180 valence electrons. The number of aryl methyl sites for hydroxylation is 1. The van der Waals surface area contributed by atoms with E-state index in [1.165, 1.54) is 0 Å². The number of alkyl carbamates (subject to hydrolysis) is 1. The molecule has 0 spiro atoms. The molecule has 1 amide bonds. The van der Waals surface area contributed by atoms with Gasteiger partial charge in [0.15, 0.2) is 5.96 Å². The molecular weight excluding hydrogens is 509 g/mol. The average Bonchev–Trinajstić information content (AvgIpc) is 3.07. The normalized spacial score (nSPS) is 13.4. The number of hydrogen-bond donors (Lipinski definition) is 3. The van der Waals surface area contributed by atoms with Crippen molar-refractivity contribution < 1.29 is 9.53 Å². The number of aromatic nitrogens is 2. The minimum Gasteiger partial charge on any atom is -0.444 e. The summed E-state index contributed by atoms with van der Waals surface area (Å²) in [6.45, 7) is 10.9. The number of nitrogens with one attached hydrogen (secondary N) is 3. The summed E-state index contributed by atoms with van der Waals surface area (Å²) in [5.41, 5.74) is 0.175. The Morgan fingerprint density at radius 1 is 1.26 bits per heavy atom. The molecule has 0 saturated carbocycles. The van der Waals surface area contributed by atoms with E-state index < -0.39 is 17.2 Å². The zero-order valence-electron chi connectivity index (χ0n) is 20.6. The van der Waals surface area contributed by atoms with Crippen molar-refractivity contribution in [1.82, 2.24) is 30.6 Å². The molecule has 3 N–H and O–H groups in total. The maximum Gasteiger partial charge on any atom is 0.408 e. The lowest BCUT2D eigenvalue weighted by Gasteiger charge is -2.34. The Balaban J connectivity index is 0.00000900. The van der Waals surface area contributed by atoms with Gasteiger partial charge in [0, 0.05) is 38.9 Å². The minimum atomic E-state index is -0.532. The van der Waals surface area contributed by atoms with Crippen LogP contribution in [-0.2, 0) is 11.8 Å². The van der Waals surface area contributed by atoms with Gasteiger partial charge in [-0.25, -0.2) is 4.79 Å². The van der Waals surface area contributed by atoms with Gasteiger partial charge in [0.25, 0.3) is 0 Å². The molecule has 0 aliphatic rings. The quantitative estimate of drug-likeness (QED) is 0.248. The number of aliphatic imine (C=N–C) groups is 1. The summed E-state index contributed by atoms with van der Waals surface area (Å²) in [5, 5.41) is 14.1. The third-order valence-electron chi connectivity index (χ3n) is 5.13. The second-order valence-electron chi connectivity index (χ2n) is 8.85. The molecular formula is C21H42IN7O2. The third kappa shape index (κ3) is 10.1. The highest BCUT2D eigenvalue weighted by Crippen LogP contribution is 2.17. The molecule has 1 atom stereocenters. The van der Waals surface area contributed by atoms with Crippen molar-refractivity contribution in [2.24, 2.45) is 12.0 Å². The number of guanidine groups is 1. The van der Waals surface area contributed by atoms with E-state index in [9.17, 15) is 4.79 Å². The van der Waals surface area contributed by atoms with Crippen molar-refractivity contribution in [3.05, 3.63) is 18.0 Å². The summed E-state index contributed by atoms with van der Waals surface area (Å²) in [7, 11) is 7.74.